The molecule has 2 heteroatoms. The summed E-state index contributed by atoms with van der Waals surface area (Å²) in [4.78, 5) is 2.55. The second kappa shape index (κ2) is 12.1. The van der Waals surface area contributed by atoms with Gasteiger partial charge in [-0.1, -0.05) is 97.4 Å². The fourth-order valence-electron chi connectivity index (χ4n) is 3.50. The first-order valence-electron chi connectivity index (χ1n) is 10.4. The second-order valence-corrected chi connectivity index (χ2v) is 7.40. The molecule has 1 fully saturated rings. The molecule has 3 aromatic carbocycles. The highest BCUT2D eigenvalue weighted by molar-refractivity contribution is 5.17. The quantitative estimate of drug-likeness (QED) is 0.601. The lowest BCUT2D eigenvalue weighted by atomic mass is 10.1. The van der Waals surface area contributed by atoms with Crippen LogP contribution in [0.4, 0.5) is 0 Å². The van der Waals surface area contributed by atoms with E-state index < -0.39 is 0 Å². The molecule has 0 atom stereocenters. The number of benzene rings is 3. The van der Waals surface area contributed by atoms with Crippen molar-refractivity contribution in [2.24, 2.45) is 0 Å². The normalized spacial score (nSPS) is 14.1. The SMILES string of the molecule is c1ccc(CN2CCCCC2)cc1.c1ccc(CNCc2ccccc2)cc1. The van der Waals surface area contributed by atoms with Crippen LogP contribution in [-0.4, -0.2) is 18.0 Å². The van der Waals surface area contributed by atoms with Gasteiger partial charge in [0.25, 0.3) is 0 Å². The van der Waals surface area contributed by atoms with Gasteiger partial charge >= 0.3 is 0 Å². The van der Waals surface area contributed by atoms with Gasteiger partial charge in [-0.25, -0.2) is 0 Å². The topological polar surface area (TPSA) is 15.3 Å². The number of nitrogens with zero attached hydrogens (tertiary/aromatic N) is 1. The molecule has 0 unspecified atom stereocenters. The molecule has 0 aromatic heterocycles. The highest BCUT2D eigenvalue weighted by Crippen LogP contribution is 2.12. The Morgan fingerprint density at radius 2 is 0.964 bits per heavy atom. The van der Waals surface area contributed by atoms with Gasteiger partial charge in [0, 0.05) is 19.6 Å². The van der Waals surface area contributed by atoms with Crippen molar-refractivity contribution in [3.8, 4) is 0 Å². The maximum absolute atomic E-state index is 3.42. The van der Waals surface area contributed by atoms with E-state index in [4.69, 9.17) is 0 Å². The summed E-state index contributed by atoms with van der Waals surface area (Å²) in [7, 11) is 0. The van der Waals surface area contributed by atoms with E-state index in [0.29, 0.717) is 0 Å². The van der Waals surface area contributed by atoms with E-state index in [0.717, 1.165) is 19.6 Å². The number of piperidine rings is 1. The van der Waals surface area contributed by atoms with Crippen molar-refractivity contribution >= 4 is 0 Å². The fraction of sp³-hybridized carbons (Fsp3) is 0.308. The molecular weight excluding hydrogens is 340 g/mol. The molecule has 0 radical (unpaired) electrons. The maximum Gasteiger partial charge on any atom is 0.0233 e. The van der Waals surface area contributed by atoms with Gasteiger partial charge in [-0.2, -0.15) is 0 Å². The van der Waals surface area contributed by atoms with Crippen molar-refractivity contribution < 1.29 is 0 Å². The average Bonchev–Trinajstić information content (AvgIpc) is 2.77. The lowest BCUT2D eigenvalue weighted by molar-refractivity contribution is 0.221. The van der Waals surface area contributed by atoms with Crippen LogP contribution in [0.5, 0.6) is 0 Å². The molecule has 0 amide bonds. The summed E-state index contributed by atoms with van der Waals surface area (Å²) in [5, 5.41) is 3.42. The molecule has 1 aliphatic heterocycles. The van der Waals surface area contributed by atoms with Crippen LogP contribution in [0.15, 0.2) is 91.0 Å². The summed E-state index contributed by atoms with van der Waals surface area (Å²) in [6.07, 6.45) is 4.19. The smallest absolute Gasteiger partial charge is 0.0233 e. The van der Waals surface area contributed by atoms with Gasteiger partial charge in [-0.3, -0.25) is 4.90 Å². The molecular formula is C26H32N2. The number of rotatable bonds is 6. The molecule has 28 heavy (non-hydrogen) atoms. The van der Waals surface area contributed by atoms with E-state index >= 15 is 0 Å². The Labute approximate surface area is 170 Å². The standard InChI is InChI=1S/C14H15N.C12H17N/c1-3-7-13(8-4-1)11-15-12-14-9-5-2-6-10-14;1-3-7-12(8-4-1)11-13-9-5-2-6-10-13/h1-10,15H,11-12H2;1,3-4,7-8H,2,5-6,9-11H2. The van der Waals surface area contributed by atoms with E-state index in [1.165, 1.54) is 49.0 Å². The lowest BCUT2D eigenvalue weighted by Gasteiger charge is -2.26. The Kier molecular flexibility index (Phi) is 8.79. The molecule has 1 aliphatic rings. The molecule has 0 spiro atoms. The van der Waals surface area contributed by atoms with Gasteiger partial charge < -0.3 is 5.32 Å². The molecule has 2 nitrogen and oxygen atoms in total. The molecule has 3 aromatic rings. The van der Waals surface area contributed by atoms with Crippen molar-refractivity contribution in [1.29, 1.82) is 0 Å². The predicted molar refractivity (Wildman–Crippen MR) is 119 cm³/mol. The van der Waals surface area contributed by atoms with Gasteiger partial charge in [0.2, 0.25) is 0 Å². The first kappa shape index (κ1) is 20.3. The fourth-order valence-corrected chi connectivity index (χ4v) is 3.50. The minimum Gasteiger partial charge on any atom is -0.309 e. The highest BCUT2D eigenvalue weighted by atomic mass is 15.1. The molecule has 0 bridgehead atoms. The van der Waals surface area contributed by atoms with Crippen LogP contribution >= 0.6 is 0 Å². The van der Waals surface area contributed by atoms with Gasteiger partial charge in [0.1, 0.15) is 0 Å². The molecule has 1 N–H and O–H groups in total. The minimum atomic E-state index is 0.926. The largest absolute Gasteiger partial charge is 0.309 e. The molecule has 1 heterocycles. The highest BCUT2D eigenvalue weighted by Gasteiger charge is 2.09. The summed E-state index contributed by atoms with van der Waals surface area (Å²) in [5.41, 5.74) is 4.10. The molecule has 1 saturated heterocycles. The Balaban J connectivity index is 0.000000162. The van der Waals surface area contributed by atoms with Crippen LogP contribution in [0, 0.1) is 0 Å². The van der Waals surface area contributed by atoms with Crippen LogP contribution in [0.3, 0.4) is 0 Å². The Morgan fingerprint density at radius 3 is 1.43 bits per heavy atom. The number of likely N-dealkylation sites (tertiary alicyclic amines) is 1. The van der Waals surface area contributed by atoms with Crippen molar-refractivity contribution in [3.63, 3.8) is 0 Å². The van der Waals surface area contributed by atoms with Crippen LogP contribution < -0.4 is 5.32 Å². The van der Waals surface area contributed by atoms with E-state index in [-0.39, 0.29) is 0 Å². The van der Waals surface area contributed by atoms with E-state index in [1.54, 1.807) is 0 Å². The monoisotopic (exact) mass is 372 g/mol. The summed E-state index contributed by atoms with van der Waals surface area (Å²) >= 11 is 0. The second-order valence-electron chi connectivity index (χ2n) is 7.40. The number of hydrogen-bond donors (Lipinski definition) is 1. The van der Waals surface area contributed by atoms with Crippen molar-refractivity contribution in [2.45, 2.75) is 38.9 Å². The minimum absolute atomic E-state index is 0.926. The van der Waals surface area contributed by atoms with Crippen LogP contribution in [0.2, 0.25) is 0 Å². The van der Waals surface area contributed by atoms with E-state index in [1.807, 2.05) is 12.1 Å². The van der Waals surface area contributed by atoms with E-state index in [9.17, 15) is 0 Å². The Morgan fingerprint density at radius 1 is 0.536 bits per heavy atom. The maximum atomic E-state index is 3.42. The van der Waals surface area contributed by atoms with Gasteiger partial charge in [0.05, 0.1) is 0 Å². The average molecular weight is 373 g/mol. The Bertz CT molecular complexity index is 711. The lowest BCUT2D eigenvalue weighted by Crippen LogP contribution is -2.28. The van der Waals surface area contributed by atoms with Gasteiger partial charge in [-0.15, -0.1) is 0 Å². The molecule has 0 saturated carbocycles. The zero-order valence-corrected chi connectivity index (χ0v) is 16.8. The first-order valence-corrected chi connectivity index (χ1v) is 10.4. The third-order valence-electron chi connectivity index (χ3n) is 5.04. The number of nitrogens with one attached hydrogen (secondary N) is 1. The number of hydrogen-bond acceptors (Lipinski definition) is 2. The van der Waals surface area contributed by atoms with Gasteiger partial charge in [0.15, 0.2) is 0 Å². The predicted octanol–water partition coefficient (Wildman–Crippen LogP) is 5.65. The summed E-state index contributed by atoms with van der Waals surface area (Å²) in [6.45, 7) is 5.57. The molecule has 4 rings (SSSR count). The summed E-state index contributed by atoms with van der Waals surface area (Å²) < 4.78 is 0. The Hall–Kier alpha value is -2.42. The third kappa shape index (κ3) is 7.67. The van der Waals surface area contributed by atoms with Gasteiger partial charge in [-0.05, 0) is 42.6 Å². The zero-order valence-electron chi connectivity index (χ0n) is 16.8. The van der Waals surface area contributed by atoms with Crippen molar-refractivity contribution in [1.82, 2.24) is 10.2 Å². The van der Waals surface area contributed by atoms with Crippen molar-refractivity contribution in [2.75, 3.05) is 13.1 Å². The van der Waals surface area contributed by atoms with Crippen LogP contribution in [-0.2, 0) is 19.6 Å². The zero-order chi connectivity index (χ0) is 19.3. The van der Waals surface area contributed by atoms with Crippen LogP contribution in [0.25, 0.3) is 0 Å². The third-order valence-corrected chi connectivity index (χ3v) is 5.04. The van der Waals surface area contributed by atoms with E-state index in [2.05, 4.69) is 89.1 Å². The summed E-state index contributed by atoms with van der Waals surface area (Å²) in [6, 6.07) is 31.7. The first-order chi connectivity index (χ1) is 13.9. The molecule has 0 aliphatic carbocycles. The summed E-state index contributed by atoms with van der Waals surface area (Å²) in [5.74, 6) is 0. The van der Waals surface area contributed by atoms with Crippen LogP contribution in [0.1, 0.15) is 36.0 Å². The molecule has 146 valence electrons. The van der Waals surface area contributed by atoms with Crippen molar-refractivity contribution in [3.05, 3.63) is 108 Å².